The van der Waals surface area contributed by atoms with E-state index in [1.54, 1.807) is 32.0 Å². The Bertz CT molecular complexity index is 1200. The summed E-state index contributed by atoms with van der Waals surface area (Å²) in [4.78, 5) is 33.8. The van der Waals surface area contributed by atoms with Gasteiger partial charge in [0, 0.05) is 43.1 Å². The number of pyridine rings is 2. The van der Waals surface area contributed by atoms with Crippen LogP contribution in [0.5, 0.6) is 0 Å². The molecule has 0 radical (unpaired) electrons. The number of H-pyrrole nitrogens is 1. The zero-order chi connectivity index (χ0) is 23.4. The molecule has 0 aliphatic carbocycles. The Hall–Kier alpha value is -3.08. The van der Waals surface area contributed by atoms with Crippen molar-refractivity contribution in [2.24, 2.45) is 0 Å². The number of aromatic nitrogens is 2. The van der Waals surface area contributed by atoms with Crippen LogP contribution in [0.25, 0.3) is 11.1 Å². The van der Waals surface area contributed by atoms with Gasteiger partial charge in [-0.05, 0) is 37.3 Å². The number of nitrogens with zero attached hydrogens (tertiary/aromatic N) is 2. The number of aliphatic hydroxyl groups is 1. The molecule has 0 aliphatic rings. The van der Waals surface area contributed by atoms with Gasteiger partial charge >= 0.3 is 0 Å². The van der Waals surface area contributed by atoms with Gasteiger partial charge in [-0.1, -0.05) is 11.6 Å². The number of aromatic amines is 1. The van der Waals surface area contributed by atoms with Crippen molar-refractivity contribution in [3.05, 3.63) is 69.5 Å². The summed E-state index contributed by atoms with van der Waals surface area (Å²) in [6.45, 7) is 1.45. The molecule has 0 aliphatic heterocycles. The van der Waals surface area contributed by atoms with Crippen molar-refractivity contribution in [1.82, 2.24) is 15.3 Å². The third-order valence-electron chi connectivity index (χ3n) is 4.67. The number of rotatable bonds is 7. The van der Waals surface area contributed by atoms with E-state index < -0.39 is 23.3 Å². The van der Waals surface area contributed by atoms with E-state index in [-0.39, 0.29) is 41.8 Å². The first-order valence-corrected chi connectivity index (χ1v) is 10.1. The fraction of sp³-hybridized carbons (Fsp3) is 0.227. The molecule has 0 fully saturated rings. The second-order valence-corrected chi connectivity index (χ2v) is 7.83. The third kappa shape index (κ3) is 6.04. The monoisotopic (exact) mass is 493 g/mol. The Kier molecular flexibility index (Phi) is 8.86. The van der Waals surface area contributed by atoms with Gasteiger partial charge in [-0.15, -0.1) is 0 Å². The van der Waals surface area contributed by atoms with Crippen molar-refractivity contribution in [3.63, 3.8) is 0 Å². The highest BCUT2D eigenvalue weighted by Crippen LogP contribution is 2.31. The summed E-state index contributed by atoms with van der Waals surface area (Å²) in [5.74, 6) is -0.599. The lowest BCUT2D eigenvalue weighted by atomic mass is 10.1. The maximum Gasteiger partial charge on any atom is 0.257 e. The largest absolute Gasteiger partial charge is 0.394 e. The van der Waals surface area contributed by atoms with Crippen LogP contribution in [0.1, 0.15) is 17.3 Å². The number of carbonyl (C=O) groups excluding carboxylic acids is 1. The predicted octanol–water partition coefficient (Wildman–Crippen LogP) is 3.26. The molecule has 4 N–H and O–H groups in total. The average Bonchev–Trinajstić information content (AvgIpc) is 2.76. The smallest absolute Gasteiger partial charge is 0.257 e. The van der Waals surface area contributed by atoms with Crippen LogP contribution in [0.15, 0.2) is 47.5 Å². The number of halogens is 2. The second-order valence-electron chi connectivity index (χ2n) is 7.40. The van der Waals surface area contributed by atoms with Crippen LogP contribution in [0.4, 0.5) is 21.6 Å². The van der Waals surface area contributed by atoms with Gasteiger partial charge in [-0.3, -0.25) is 14.6 Å². The minimum atomic E-state index is -0.592. The minimum Gasteiger partial charge on any atom is -0.394 e. The average molecular weight is 494 g/mol. The van der Waals surface area contributed by atoms with Crippen molar-refractivity contribution in [3.8, 4) is 11.1 Å². The fourth-order valence-corrected chi connectivity index (χ4v) is 3.22. The van der Waals surface area contributed by atoms with Crippen molar-refractivity contribution in [1.29, 1.82) is 0 Å². The van der Waals surface area contributed by atoms with Crippen molar-refractivity contribution in [2.75, 3.05) is 30.9 Å². The zero-order valence-electron chi connectivity index (χ0n) is 18.2. The van der Waals surface area contributed by atoms with Crippen LogP contribution >= 0.6 is 25.1 Å². The van der Waals surface area contributed by atoms with Crippen LogP contribution < -0.4 is 21.1 Å². The molecule has 0 bridgehead atoms. The SMILES string of the molecule is C[C@@H](CO)NC(=O)c1cnccc1Nc1cc(-c2cc(Cl)ccc2F)c(=O)[nH]c1N(C)C.S. The number of nitrogens with one attached hydrogen (secondary N) is 3. The molecule has 11 heteroatoms. The van der Waals surface area contributed by atoms with Gasteiger partial charge in [0.25, 0.3) is 11.5 Å². The molecule has 0 saturated heterocycles. The Balaban J connectivity index is 0.00000385. The first kappa shape index (κ1) is 26.2. The summed E-state index contributed by atoms with van der Waals surface area (Å²) in [5.41, 5.74) is 0.711. The normalized spacial score (nSPS) is 11.3. The molecule has 3 aromatic rings. The van der Waals surface area contributed by atoms with E-state index in [1.807, 2.05) is 0 Å². The zero-order valence-corrected chi connectivity index (χ0v) is 20.0. The molecular formula is C22H25ClFN5O3S. The van der Waals surface area contributed by atoms with Gasteiger partial charge < -0.3 is 25.6 Å². The number of carbonyl (C=O) groups is 1. The van der Waals surface area contributed by atoms with Gasteiger partial charge in [0.15, 0.2) is 0 Å². The first-order valence-electron chi connectivity index (χ1n) is 9.74. The standard InChI is InChI=1S/C22H23ClFN5O3.H2S/c1-12(11-30)26-22(32)16-10-25-7-6-18(16)27-19-9-15(21(31)28-20(19)29(2)3)14-8-13(23)4-5-17(14)24;/h4-10,12,30H,11H2,1-3H3,(H,25,27)(H,26,32)(H,28,31);1H2/t12-;/m0./s1. The summed E-state index contributed by atoms with van der Waals surface area (Å²) in [7, 11) is 3.47. The molecule has 2 heterocycles. The van der Waals surface area contributed by atoms with Crippen molar-refractivity contribution < 1.29 is 14.3 Å². The highest BCUT2D eigenvalue weighted by Gasteiger charge is 2.18. The Morgan fingerprint density at radius 1 is 1.24 bits per heavy atom. The summed E-state index contributed by atoms with van der Waals surface area (Å²) < 4.78 is 14.5. The van der Waals surface area contributed by atoms with Crippen LogP contribution in [0, 0.1) is 5.82 Å². The number of aliphatic hydroxyl groups excluding tert-OH is 1. The Morgan fingerprint density at radius 2 is 1.97 bits per heavy atom. The van der Waals surface area contributed by atoms with Gasteiger partial charge in [0.2, 0.25) is 0 Å². The van der Waals surface area contributed by atoms with Crippen LogP contribution in [0.3, 0.4) is 0 Å². The summed E-state index contributed by atoms with van der Waals surface area (Å²) in [6, 6.07) is 6.62. The second kappa shape index (κ2) is 11.2. The molecule has 1 atom stereocenters. The molecule has 8 nitrogen and oxygen atoms in total. The highest BCUT2D eigenvalue weighted by molar-refractivity contribution is 7.59. The van der Waals surface area contributed by atoms with E-state index >= 15 is 0 Å². The maximum atomic E-state index is 14.5. The number of hydrogen-bond acceptors (Lipinski definition) is 6. The lowest BCUT2D eigenvalue weighted by Gasteiger charge is -2.20. The van der Waals surface area contributed by atoms with E-state index in [4.69, 9.17) is 11.6 Å². The molecule has 3 rings (SSSR count). The van der Waals surface area contributed by atoms with Gasteiger partial charge in [0.05, 0.1) is 29.1 Å². The molecule has 2 aromatic heterocycles. The molecule has 0 saturated carbocycles. The lowest BCUT2D eigenvalue weighted by molar-refractivity contribution is 0.0923. The predicted molar refractivity (Wildman–Crippen MR) is 134 cm³/mol. The molecule has 0 spiro atoms. The summed E-state index contributed by atoms with van der Waals surface area (Å²) in [5, 5.41) is 15.3. The molecule has 0 unspecified atom stereocenters. The minimum absolute atomic E-state index is 0. The molecule has 176 valence electrons. The quantitative estimate of drug-likeness (QED) is 0.402. The van der Waals surface area contributed by atoms with E-state index in [0.29, 0.717) is 17.2 Å². The molecular weight excluding hydrogens is 469 g/mol. The molecule has 1 amide bonds. The summed E-state index contributed by atoms with van der Waals surface area (Å²) in [6.07, 6.45) is 2.90. The van der Waals surface area contributed by atoms with Gasteiger partial charge in [0.1, 0.15) is 11.6 Å². The fourth-order valence-electron chi connectivity index (χ4n) is 3.05. The number of amides is 1. The topological polar surface area (TPSA) is 110 Å². The molecule has 1 aromatic carbocycles. The number of anilines is 3. The van der Waals surface area contributed by atoms with E-state index in [0.717, 1.165) is 0 Å². The van der Waals surface area contributed by atoms with E-state index in [9.17, 15) is 19.1 Å². The van der Waals surface area contributed by atoms with E-state index in [1.165, 1.54) is 36.7 Å². The van der Waals surface area contributed by atoms with Crippen LogP contribution in [-0.4, -0.2) is 47.7 Å². The van der Waals surface area contributed by atoms with Crippen LogP contribution in [-0.2, 0) is 0 Å². The number of benzene rings is 1. The molecule has 33 heavy (non-hydrogen) atoms. The van der Waals surface area contributed by atoms with E-state index in [2.05, 4.69) is 20.6 Å². The van der Waals surface area contributed by atoms with Crippen molar-refractivity contribution >= 4 is 48.2 Å². The Labute approximate surface area is 202 Å². The Morgan fingerprint density at radius 3 is 2.64 bits per heavy atom. The lowest BCUT2D eigenvalue weighted by Crippen LogP contribution is -2.35. The van der Waals surface area contributed by atoms with Crippen molar-refractivity contribution in [2.45, 2.75) is 13.0 Å². The van der Waals surface area contributed by atoms with Crippen LogP contribution in [0.2, 0.25) is 5.02 Å². The maximum absolute atomic E-state index is 14.5. The first-order chi connectivity index (χ1) is 15.2. The van der Waals surface area contributed by atoms with Gasteiger partial charge in [-0.25, -0.2) is 4.39 Å². The summed E-state index contributed by atoms with van der Waals surface area (Å²) >= 11 is 6.01. The third-order valence-corrected chi connectivity index (χ3v) is 4.91. The highest BCUT2D eigenvalue weighted by atomic mass is 35.5. The number of hydrogen-bond donors (Lipinski definition) is 4. The van der Waals surface area contributed by atoms with Gasteiger partial charge in [-0.2, -0.15) is 13.5 Å².